The third-order valence-corrected chi connectivity index (χ3v) is 1.93. The zero-order valence-corrected chi connectivity index (χ0v) is 9.21. The number of hydrogen-bond donors (Lipinski definition) is 1. The number of aromatic nitrogens is 1. The molecule has 1 aromatic rings. The van der Waals surface area contributed by atoms with Crippen molar-refractivity contribution in [3.8, 4) is 5.88 Å². The van der Waals surface area contributed by atoms with Gasteiger partial charge in [0.15, 0.2) is 0 Å². The first kappa shape index (κ1) is 11.1. The number of anilines is 1. The Kier molecular flexibility index (Phi) is 4.01. The SMILES string of the molecule is CC(C)CCOc1cc(N)cc(Cl)n1. The number of nitrogens with zero attached hydrogens (tertiary/aromatic N) is 1. The molecule has 3 nitrogen and oxygen atoms in total. The van der Waals surface area contributed by atoms with Gasteiger partial charge in [-0.2, -0.15) is 0 Å². The van der Waals surface area contributed by atoms with Crippen LogP contribution in [0.2, 0.25) is 5.15 Å². The summed E-state index contributed by atoms with van der Waals surface area (Å²) in [4.78, 5) is 3.99. The van der Waals surface area contributed by atoms with Crippen molar-refractivity contribution in [2.45, 2.75) is 20.3 Å². The van der Waals surface area contributed by atoms with Crippen LogP contribution in [0.15, 0.2) is 12.1 Å². The second-order valence-corrected chi connectivity index (χ2v) is 3.98. The largest absolute Gasteiger partial charge is 0.478 e. The highest BCUT2D eigenvalue weighted by Crippen LogP contribution is 2.17. The Morgan fingerprint density at radius 2 is 2.21 bits per heavy atom. The topological polar surface area (TPSA) is 48.1 Å². The van der Waals surface area contributed by atoms with Crippen LogP contribution in [0.25, 0.3) is 0 Å². The predicted molar refractivity (Wildman–Crippen MR) is 58.6 cm³/mol. The summed E-state index contributed by atoms with van der Waals surface area (Å²) in [6.07, 6.45) is 0.994. The highest BCUT2D eigenvalue weighted by molar-refractivity contribution is 6.29. The lowest BCUT2D eigenvalue weighted by atomic mass is 10.1. The van der Waals surface area contributed by atoms with Gasteiger partial charge in [-0.3, -0.25) is 0 Å². The van der Waals surface area contributed by atoms with Crippen LogP contribution >= 0.6 is 11.6 Å². The summed E-state index contributed by atoms with van der Waals surface area (Å²) in [5, 5.41) is 0.365. The second kappa shape index (κ2) is 5.05. The van der Waals surface area contributed by atoms with Gasteiger partial charge in [-0.15, -0.1) is 0 Å². The van der Waals surface area contributed by atoms with Crippen molar-refractivity contribution >= 4 is 17.3 Å². The van der Waals surface area contributed by atoms with Crippen molar-refractivity contribution in [1.82, 2.24) is 4.98 Å². The molecule has 0 aromatic carbocycles. The lowest BCUT2D eigenvalue weighted by molar-refractivity contribution is 0.279. The van der Waals surface area contributed by atoms with Gasteiger partial charge >= 0.3 is 0 Å². The van der Waals surface area contributed by atoms with Crippen LogP contribution in [0.4, 0.5) is 5.69 Å². The first-order valence-corrected chi connectivity index (χ1v) is 5.01. The standard InChI is InChI=1S/C10H15ClN2O/c1-7(2)3-4-14-10-6-8(12)5-9(11)13-10/h5-7H,3-4H2,1-2H3,(H2,12,13). The van der Waals surface area contributed by atoms with Crippen molar-refractivity contribution < 1.29 is 4.74 Å². The first-order chi connectivity index (χ1) is 6.58. The van der Waals surface area contributed by atoms with Gasteiger partial charge in [0.25, 0.3) is 0 Å². The number of pyridine rings is 1. The van der Waals surface area contributed by atoms with Crippen LogP contribution < -0.4 is 10.5 Å². The van der Waals surface area contributed by atoms with Crippen LogP contribution in [0, 0.1) is 5.92 Å². The maximum Gasteiger partial charge on any atom is 0.216 e. The summed E-state index contributed by atoms with van der Waals surface area (Å²) >= 11 is 5.72. The number of hydrogen-bond acceptors (Lipinski definition) is 3. The van der Waals surface area contributed by atoms with Crippen LogP contribution in [0.3, 0.4) is 0 Å². The monoisotopic (exact) mass is 214 g/mol. The molecule has 0 amide bonds. The molecule has 0 unspecified atom stereocenters. The lowest BCUT2D eigenvalue weighted by Gasteiger charge is -2.07. The zero-order chi connectivity index (χ0) is 10.6. The zero-order valence-electron chi connectivity index (χ0n) is 8.46. The molecule has 1 heterocycles. The van der Waals surface area contributed by atoms with Gasteiger partial charge < -0.3 is 10.5 Å². The maximum atomic E-state index is 5.72. The Labute approximate surface area is 89.2 Å². The maximum absolute atomic E-state index is 5.72. The Hall–Kier alpha value is -0.960. The molecule has 0 bridgehead atoms. The molecule has 0 saturated carbocycles. The minimum absolute atomic E-state index is 0.365. The number of halogens is 1. The van der Waals surface area contributed by atoms with E-state index < -0.39 is 0 Å². The molecule has 0 atom stereocenters. The quantitative estimate of drug-likeness (QED) is 0.785. The minimum atomic E-state index is 0.365. The summed E-state index contributed by atoms with van der Waals surface area (Å²) in [5.41, 5.74) is 6.16. The molecule has 1 rings (SSSR count). The highest BCUT2D eigenvalue weighted by Gasteiger charge is 2.00. The molecule has 14 heavy (non-hydrogen) atoms. The van der Waals surface area contributed by atoms with Crippen LogP contribution in [0.5, 0.6) is 5.88 Å². The molecule has 0 radical (unpaired) electrons. The van der Waals surface area contributed by atoms with Gasteiger partial charge in [0.1, 0.15) is 5.15 Å². The molecular weight excluding hydrogens is 200 g/mol. The molecule has 0 saturated heterocycles. The Morgan fingerprint density at radius 3 is 2.79 bits per heavy atom. The molecule has 4 heteroatoms. The predicted octanol–water partition coefficient (Wildman–Crippen LogP) is 2.74. The van der Waals surface area contributed by atoms with Crippen LogP contribution in [0.1, 0.15) is 20.3 Å². The van der Waals surface area contributed by atoms with Crippen LogP contribution in [-0.2, 0) is 0 Å². The summed E-state index contributed by atoms with van der Waals surface area (Å²) in [6, 6.07) is 3.27. The van der Waals surface area contributed by atoms with Gasteiger partial charge in [0.2, 0.25) is 5.88 Å². The van der Waals surface area contributed by atoms with E-state index in [1.807, 2.05) is 0 Å². The fraction of sp³-hybridized carbons (Fsp3) is 0.500. The summed E-state index contributed by atoms with van der Waals surface area (Å²) < 4.78 is 5.40. The Morgan fingerprint density at radius 1 is 1.50 bits per heavy atom. The van der Waals surface area contributed by atoms with E-state index in [9.17, 15) is 0 Å². The van der Waals surface area contributed by atoms with Gasteiger partial charge in [0, 0.05) is 11.8 Å². The third-order valence-electron chi connectivity index (χ3n) is 1.74. The molecule has 0 aliphatic rings. The number of nitrogens with two attached hydrogens (primary N) is 1. The van der Waals surface area contributed by atoms with Gasteiger partial charge in [-0.1, -0.05) is 25.4 Å². The average Bonchev–Trinajstić information content (AvgIpc) is 2.01. The fourth-order valence-corrected chi connectivity index (χ4v) is 1.17. The Balaban J connectivity index is 2.50. The molecule has 0 aliphatic carbocycles. The summed E-state index contributed by atoms with van der Waals surface area (Å²) in [6.45, 7) is 4.93. The number of ether oxygens (including phenoxy) is 1. The van der Waals surface area contributed by atoms with Crippen molar-refractivity contribution in [3.63, 3.8) is 0 Å². The average molecular weight is 215 g/mol. The lowest BCUT2D eigenvalue weighted by Crippen LogP contribution is -2.03. The third kappa shape index (κ3) is 3.83. The molecule has 78 valence electrons. The highest BCUT2D eigenvalue weighted by atomic mass is 35.5. The van der Waals surface area contributed by atoms with E-state index in [1.165, 1.54) is 0 Å². The second-order valence-electron chi connectivity index (χ2n) is 3.59. The number of rotatable bonds is 4. The molecule has 0 fully saturated rings. The number of nitrogen functional groups attached to an aromatic ring is 1. The molecule has 1 aromatic heterocycles. The van der Waals surface area contributed by atoms with E-state index in [0.29, 0.717) is 29.2 Å². The van der Waals surface area contributed by atoms with E-state index in [0.717, 1.165) is 6.42 Å². The normalized spacial score (nSPS) is 10.6. The van der Waals surface area contributed by atoms with Crippen molar-refractivity contribution in [2.24, 2.45) is 5.92 Å². The molecule has 0 spiro atoms. The van der Waals surface area contributed by atoms with Crippen molar-refractivity contribution in [2.75, 3.05) is 12.3 Å². The van der Waals surface area contributed by atoms with E-state index in [1.54, 1.807) is 12.1 Å². The van der Waals surface area contributed by atoms with Crippen molar-refractivity contribution in [1.29, 1.82) is 0 Å². The minimum Gasteiger partial charge on any atom is -0.478 e. The molecule has 2 N–H and O–H groups in total. The van der Waals surface area contributed by atoms with Gasteiger partial charge in [0.05, 0.1) is 6.61 Å². The molecular formula is C10H15ClN2O. The first-order valence-electron chi connectivity index (χ1n) is 4.64. The smallest absolute Gasteiger partial charge is 0.216 e. The van der Waals surface area contributed by atoms with E-state index in [-0.39, 0.29) is 0 Å². The van der Waals surface area contributed by atoms with Gasteiger partial charge in [-0.05, 0) is 18.4 Å². The van der Waals surface area contributed by atoms with Gasteiger partial charge in [-0.25, -0.2) is 4.98 Å². The van der Waals surface area contributed by atoms with Crippen LogP contribution in [-0.4, -0.2) is 11.6 Å². The van der Waals surface area contributed by atoms with E-state index in [4.69, 9.17) is 22.1 Å². The summed E-state index contributed by atoms with van der Waals surface area (Å²) in [7, 11) is 0. The molecule has 0 aliphatic heterocycles. The van der Waals surface area contributed by atoms with E-state index >= 15 is 0 Å². The van der Waals surface area contributed by atoms with Crippen molar-refractivity contribution in [3.05, 3.63) is 17.3 Å². The Bertz CT molecular complexity index is 282. The van der Waals surface area contributed by atoms with E-state index in [2.05, 4.69) is 18.8 Å². The fourth-order valence-electron chi connectivity index (χ4n) is 0.965. The summed E-state index contributed by atoms with van der Waals surface area (Å²) in [5.74, 6) is 1.11.